The summed E-state index contributed by atoms with van der Waals surface area (Å²) in [6.07, 6.45) is 3.27. The van der Waals surface area contributed by atoms with E-state index in [1.54, 1.807) is 0 Å². The number of ether oxygens (including phenoxy) is 2. The summed E-state index contributed by atoms with van der Waals surface area (Å²) in [6.45, 7) is 2.55. The third-order valence-electron chi connectivity index (χ3n) is 6.01. The maximum absolute atomic E-state index is 12.3. The number of carbonyl (C=O) groups excluding carboxylic acids is 1. The molecule has 0 saturated carbocycles. The van der Waals surface area contributed by atoms with E-state index in [9.17, 15) is 4.79 Å². The Bertz CT molecular complexity index is 1100. The molecule has 0 radical (unpaired) electrons. The van der Waals surface area contributed by atoms with Crippen LogP contribution in [-0.4, -0.2) is 29.7 Å². The molecule has 3 aromatic rings. The minimum Gasteiger partial charge on any atom is -0.457 e. The lowest BCUT2D eigenvalue weighted by Crippen LogP contribution is -2.50. The standard InChI is InChI=1S/C27H26N2O3/c30-26-28-25(22-9-3-1-4-10-22)19-27(32-26)14-16-29(17-15-27)20-21-8-7-13-24(18-21)31-23-11-5-2-6-12-23/h1-13,18-19H,14-17,20H2,(H,28,30). The highest BCUT2D eigenvalue weighted by molar-refractivity contribution is 5.84. The summed E-state index contributed by atoms with van der Waals surface area (Å²) in [5.41, 5.74) is 2.50. The number of hydrogen-bond donors (Lipinski definition) is 1. The van der Waals surface area contributed by atoms with Crippen LogP contribution in [0.1, 0.15) is 24.0 Å². The summed E-state index contributed by atoms with van der Waals surface area (Å²) in [6, 6.07) is 28.0. The van der Waals surface area contributed by atoms with Crippen molar-refractivity contribution in [3.63, 3.8) is 0 Å². The van der Waals surface area contributed by atoms with E-state index < -0.39 is 5.60 Å². The topological polar surface area (TPSA) is 50.8 Å². The lowest BCUT2D eigenvalue weighted by atomic mass is 9.88. The van der Waals surface area contributed by atoms with Crippen molar-refractivity contribution in [2.24, 2.45) is 0 Å². The maximum Gasteiger partial charge on any atom is 0.412 e. The molecule has 2 heterocycles. The molecule has 0 bridgehead atoms. The number of nitrogens with one attached hydrogen (secondary N) is 1. The first-order chi connectivity index (χ1) is 15.7. The van der Waals surface area contributed by atoms with Gasteiger partial charge in [0.05, 0.1) is 5.70 Å². The molecule has 2 aliphatic heterocycles. The number of likely N-dealkylation sites (tertiary alicyclic amines) is 1. The highest BCUT2D eigenvalue weighted by atomic mass is 16.6. The number of nitrogens with zero attached hydrogens (tertiary/aromatic N) is 1. The summed E-state index contributed by atoms with van der Waals surface area (Å²) in [4.78, 5) is 14.7. The van der Waals surface area contributed by atoms with Crippen LogP contribution >= 0.6 is 0 Å². The predicted molar refractivity (Wildman–Crippen MR) is 124 cm³/mol. The van der Waals surface area contributed by atoms with E-state index in [2.05, 4.69) is 28.4 Å². The Kier molecular flexibility index (Phi) is 5.65. The van der Waals surface area contributed by atoms with Gasteiger partial charge in [0.2, 0.25) is 0 Å². The van der Waals surface area contributed by atoms with Crippen molar-refractivity contribution in [1.29, 1.82) is 0 Å². The Balaban J connectivity index is 1.24. The van der Waals surface area contributed by atoms with Crippen LogP contribution in [0.4, 0.5) is 4.79 Å². The fourth-order valence-electron chi connectivity index (χ4n) is 4.35. The third-order valence-corrected chi connectivity index (χ3v) is 6.01. The van der Waals surface area contributed by atoms with Crippen LogP contribution in [0, 0.1) is 0 Å². The number of rotatable bonds is 5. The molecular weight excluding hydrogens is 400 g/mol. The van der Waals surface area contributed by atoms with Gasteiger partial charge in [0, 0.05) is 32.5 Å². The molecular formula is C27H26N2O3. The Morgan fingerprint density at radius 2 is 1.56 bits per heavy atom. The summed E-state index contributed by atoms with van der Waals surface area (Å²) in [7, 11) is 0. The van der Waals surface area contributed by atoms with E-state index in [1.807, 2.05) is 72.8 Å². The highest BCUT2D eigenvalue weighted by Crippen LogP contribution is 2.34. The first-order valence-electron chi connectivity index (χ1n) is 11.0. The molecule has 0 atom stereocenters. The molecule has 0 aromatic heterocycles. The molecule has 0 unspecified atom stereocenters. The van der Waals surface area contributed by atoms with Crippen LogP contribution < -0.4 is 10.1 Å². The van der Waals surface area contributed by atoms with Gasteiger partial charge in [-0.3, -0.25) is 10.2 Å². The summed E-state index contributed by atoms with van der Waals surface area (Å²) < 4.78 is 11.8. The van der Waals surface area contributed by atoms with E-state index in [1.165, 1.54) is 5.56 Å². The smallest absolute Gasteiger partial charge is 0.412 e. The van der Waals surface area contributed by atoms with E-state index in [0.717, 1.165) is 55.2 Å². The van der Waals surface area contributed by atoms with Crippen LogP contribution in [0.15, 0.2) is 91.0 Å². The fourth-order valence-corrected chi connectivity index (χ4v) is 4.35. The summed E-state index contributed by atoms with van der Waals surface area (Å²) in [5, 5.41) is 2.85. The largest absolute Gasteiger partial charge is 0.457 e. The first kappa shape index (κ1) is 20.3. The molecule has 5 rings (SSSR count). The first-order valence-corrected chi connectivity index (χ1v) is 11.0. The number of alkyl carbamates (subject to hydrolysis) is 1. The molecule has 5 heteroatoms. The lowest BCUT2D eigenvalue weighted by molar-refractivity contribution is -0.00554. The molecule has 1 saturated heterocycles. The molecule has 1 N–H and O–H groups in total. The quantitative estimate of drug-likeness (QED) is 0.577. The molecule has 2 aliphatic rings. The molecule has 1 fully saturated rings. The SMILES string of the molecule is O=C1NC(c2ccccc2)=CC2(CCN(Cc3cccc(Oc4ccccc4)c3)CC2)O1. The average Bonchev–Trinajstić information content (AvgIpc) is 2.82. The van der Waals surface area contributed by atoms with E-state index in [-0.39, 0.29) is 6.09 Å². The van der Waals surface area contributed by atoms with Crippen LogP contribution in [0.3, 0.4) is 0 Å². The van der Waals surface area contributed by atoms with Crippen molar-refractivity contribution in [3.05, 3.63) is 102 Å². The van der Waals surface area contributed by atoms with Crippen LogP contribution in [0.5, 0.6) is 11.5 Å². The van der Waals surface area contributed by atoms with Gasteiger partial charge >= 0.3 is 6.09 Å². The zero-order valence-corrected chi connectivity index (χ0v) is 17.9. The zero-order valence-electron chi connectivity index (χ0n) is 17.9. The number of hydrogen-bond acceptors (Lipinski definition) is 4. The van der Waals surface area contributed by atoms with Crippen molar-refractivity contribution in [2.75, 3.05) is 13.1 Å². The normalized spacial score (nSPS) is 17.9. The minimum atomic E-state index is -0.539. The maximum atomic E-state index is 12.3. The van der Waals surface area contributed by atoms with Gasteiger partial charge in [0.25, 0.3) is 0 Å². The Labute approximate surface area is 188 Å². The number of piperidine rings is 1. The average molecular weight is 427 g/mol. The third kappa shape index (κ3) is 4.68. The Morgan fingerprint density at radius 1 is 0.875 bits per heavy atom. The number of amides is 1. The van der Waals surface area contributed by atoms with Gasteiger partial charge in [-0.15, -0.1) is 0 Å². The number of benzene rings is 3. The Morgan fingerprint density at radius 3 is 2.31 bits per heavy atom. The molecule has 3 aromatic carbocycles. The van der Waals surface area contributed by atoms with E-state index >= 15 is 0 Å². The van der Waals surface area contributed by atoms with Crippen LogP contribution in [0.2, 0.25) is 0 Å². The lowest BCUT2D eigenvalue weighted by Gasteiger charge is -2.41. The van der Waals surface area contributed by atoms with E-state index in [0.29, 0.717) is 0 Å². The van der Waals surface area contributed by atoms with E-state index in [4.69, 9.17) is 9.47 Å². The van der Waals surface area contributed by atoms with Crippen LogP contribution in [0.25, 0.3) is 5.70 Å². The molecule has 162 valence electrons. The molecule has 1 amide bonds. The summed E-state index contributed by atoms with van der Waals surface area (Å²) in [5.74, 6) is 1.67. The second-order valence-corrected chi connectivity index (χ2v) is 8.34. The van der Waals surface area contributed by atoms with Crippen LogP contribution in [-0.2, 0) is 11.3 Å². The minimum absolute atomic E-state index is 0.370. The number of para-hydroxylation sites is 1. The van der Waals surface area contributed by atoms with Gasteiger partial charge in [-0.1, -0.05) is 60.7 Å². The van der Waals surface area contributed by atoms with Crippen molar-refractivity contribution >= 4 is 11.8 Å². The highest BCUT2D eigenvalue weighted by Gasteiger charge is 2.39. The van der Waals surface area contributed by atoms with Gasteiger partial charge in [-0.2, -0.15) is 0 Å². The second-order valence-electron chi connectivity index (χ2n) is 8.34. The zero-order chi connectivity index (χ0) is 21.8. The van der Waals surface area contributed by atoms with Gasteiger partial charge < -0.3 is 9.47 Å². The molecule has 32 heavy (non-hydrogen) atoms. The van der Waals surface area contributed by atoms with Crippen molar-refractivity contribution in [1.82, 2.24) is 10.2 Å². The Hall–Kier alpha value is -3.57. The van der Waals surface area contributed by atoms with Gasteiger partial charge in [-0.05, 0) is 41.5 Å². The van der Waals surface area contributed by atoms with Gasteiger partial charge in [0.1, 0.15) is 17.1 Å². The predicted octanol–water partition coefficient (Wildman–Crippen LogP) is 5.59. The molecule has 1 spiro atoms. The van der Waals surface area contributed by atoms with Gasteiger partial charge in [0.15, 0.2) is 0 Å². The second kappa shape index (κ2) is 8.89. The monoisotopic (exact) mass is 426 g/mol. The fraction of sp³-hybridized carbons (Fsp3) is 0.222. The molecule has 5 nitrogen and oxygen atoms in total. The van der Waals surface area contributed by atoms with Crippen molar-refractivity contribution < 1.29 is 14.3 Å². The van der Waals surface area contributed by atoms with Gasteiger partial charge in [-0.25, -0.2) is 4.79 Å². The van der Waals surface area contributed by atoms with Crippen molar-refractivity contribution in [3.8, 4) is 11.5 Å². The summed E-state index contributed by atoms with van der Waals surface area (Å²) >= 11 is 0. The molecule has 0 aliphatic carbocycles. The number of carbonyl (C=O) groups is 1. The van der Waals surface area contributed by atoms with Crippen molar-refractivity contribution in [2.45, 2.75) is 25.0 Å².